The van der Waals surface area contributed by atoms with Crippen molar-refractivity contribution in [1.82, 2.24) is 5.32 Å². The summed E-state index contributed by atoms with van der Waals surface area (Å²) in [5.41, 5.74) is 0. The molecule has 1 aromatic rings. The number of nitrogens with one attached hydrogen (secondary N) is 1. The first-order valence-corrected chi connectivity index (χ1v) is 5.91. The Morgan fingerprint density at radius 1 is 1.44 bits per heavy atom. The molecule has 0 bridgehead atoms. The molecule has 0 spiro atoms. The number of ether oxygens (including phenoxy) is 2. The monoisotopic (exact) mass is 261 g/mol. The summed E-state index contributed by atoms with van der Waals surface area (Å²) in [5, 5.41) is 4.41. The Kier molecular flexibility index (Phi) is 4.29. The molecular formula is C11H13Cl2NO2. The third-order valence-corrected chi connectivity index (χ3v) is 2.87. The average molecular weight is 262 g/mol. The van der Waals surface area contributed by atoms with E-state index in [-0.39, 0.29) is 6.10 Å². The summed E-state index contributed by atoms with van der Waals surface area (Å²) in [4.78, 5) is 0. The molecule has 1 aliphatic heterocycles. The predicted octanol–water partition coefficient (Wildman–Crippen LogP) is 2.36. The highest BCUT2D eigenvalue weighted by molar-refractivity contribution is 6.34. The zero-order chi connectivity index (χ0) is 11.4. The van der Waals surface area contributed by atoms with Gasteiger partial charge in [0, 0.05) is 24.2 Å². The normalized spacial score (nSPS) is 20.8. The van der Waals surface area contributed by atoms with E-state index in [0.717, 1.165) is 19.7 Å². The van der Waals surface area contributed by atoms with Gasteiger partial charge in [-0.25, -0.2) is 0 Å². The topological polar surface area (TPSA) is 30.5 Å². The van der Waals surface area contributed by atoms with Gasteiger partial charge in [-0.1, -0.05) is 23.2 Å². The largest absolute Gasteiger partial charge is 0.489 e. The molecule has 1 N–H and O–H groups in total. The number of halogens is 2. The minimum Gasteiger partial charge on any atom is -0.489 e. The summed E-state index contributed by atoms with van der Waals surface area (Å²) in [5.74, 6) is 0.600. The first-order chi connectivity index (χ1) is 7.75. The lowest BCUT2D eigenvalue weighted by Gasteiger charge is -2.23. The number of hydrogen-bond donors (Lipinski definition) is 1. The van der Waals surface area contributed by atoms with Gasteiger partial charge < -0.3 is 14.8 Å². The molecule has 88 valence electrons. The minimum atomic E-state index is 0.0730. The maximum atomic E-state index is 5.97. The van der Waals surface area contributed by atoms with E-state index < -0.39 is 0 Å². The summed E-state index contributed by atoms with van der Waals surface area (Å²) < 4.78 is 11.1. The molecule has 1 atom stereocenters. The number of rotatable bonds is 3. The van der Waals surface area contributed by atoms with Crippen molar-refractivity contribution in [3.05, 3.63) is 28.2 Å². The first kappa shape index (κ1) is 12.0. The van der Waals surface area contributed by atoms with E-state index in [9.17, 15) is 0 Å². The summed E-state index contributed by atoms with van der Waals surface area (Å²) in [6, 6.07) is 5.16. The van der Waals surface area contributed by atoms with Crippen LogP contribution in [0.5, 0.6) is 5.75 Å². The van der Waals surface area contributed by atoms with Crippen LogP contribution in [-0.4, -0.2) is 32.4 Å². The van der Waals surface area contributed by atoms with E-state index in [1.54, 1.807) is 18.2 Å². The van der Waals surface area contributed by atoms with Crippen molar-refractivity contribution in [2.24, 2.45) is 0 Å². The SMILES string of the molecule is Clc1ccc(Cl)c(OC[C@H]2CNCCO2)c1. The third kappa shape index (κ3) is 3.25. The molecule has 0 amide bonds. The fourth-order valence-corrected chi connectivity index (χ4v) is 1.83. The summed E-state index contributed by atoms with van der Waals surface area (Å²) >= 11 is 11.8. The maximum absolute atomic E-state index is 5.97. The van der Waals surface area contributed by atoms with Gasteiger partial charge in [0.25, 0.3) is 0 Å². The van der Waals surface area contributed by atoms with Crippen molar-refractivity contribution in [3.8, 4) is 5.75 Å². The van der Waals surface area contributed by atoms with Crippen LogP contribution in [0, 0.1) is 0 Å². The van der Waals surface area contributed by atoms with Gasteiger partial charge in [0.1, 0.15) is 18.5 Å². The molecular weight excluding hydrogens is 249 g/mol. The Labute approximate surface area is 105 Å². The van der Waals surface area contributed by atoms with Gasteiger partial charge in [0.2, 0.25) is 0 Å². The van der Waals surface area contributed by atoms with Crippen molar-refractivity contribution in [2.45, 2.75) is 6.10 Å². The molecule has 1 saturated heterocycles. The van der Waals surface area contributed by atoms with Crippen molar-refractivity contribution in [2.75, 3.05) is 26.3 Å². The Morgan fingerprint density at radius 3 is 3.06 bits per heavy atom. The molecule has 1 aliphatic rings. The van der Waals surface area contributed by atoms with Gasteiger partial charge in [-0.2, -0.15) is 0 Å². The first-order valence-electron chi connectivity index (χ1n) is 5.16. The van der Waals surface area contributed by atoms with Gasteiger partial charge in [0.15, 0.2) is 0 Å². The van der Waals surface area contributed by atoms with Crippen molar-refractivity contribution in [1.29, 1.82) is 0 Å². The van der Waals surface area contributed by atoms with Crippen molar-refractivity contribution < 1.29 is 9.47 Å². The molecule has 1 aromatic carbocycles. The minimum absolute atomic E-state index is 0.0730. The summed E-state index contributed by atoms with van der Waals surface area (Å²) in [6.45, 7) is 2.90. The maximum Gasteiger partial charge on any atom is 0.139 e. The molecule has 0 radical (unpaired) electrons. The second kappa shape index (κ2) is 5.73. The Balaban J connectivity index is 1.90. The van der Waals surface area contributed by atoms with E-state index in [0.29, 0.717) is 22.4 Å². The smallest absolute Gasteiger partial charge is 0.139 e. The molecule has 2 rings (SSSR count). The van der Waals surface area contributed by atoms with Crippen LogP contribution in [0.3, 0.4) is 0 Å². The van der Waals surface area contributed by atoms with E-state index >= 15 is 0 Å². The number of hydrogen-bond acceptors (Lipinski definition) is 3. The fraction of sp³-hybridized carbons (Fsp3) is 0.455. The molecule has 1 fully saturated rings. The molecule has 0 aliphatic carbocycles. The number of morpholine rings is 1. The highest BCUT2D eigenvalue weighted by Crippen LogP contribution is 2.27. The highest BCUT2D eigenvalue weighted by atomic mass is 35.5. The van der Waals surface area contributed by atoms with Crippen LogP contribution in [0.15, 0.2) is 18.2 Å². The van der Waals surface area contributed by atoms with Gasteiger partial charge >= 0.3 is 0 Å². The highest BCUT2D eigenvalue weighted by Gasteiger charge is 2.14. The van der Waals surface area contributed by atoms with Crippen molar-refractivity contribution in [3.63, 3.8) is 0 Å². The quantitative estimate of drug-likeness (QED) is 0.907. The van der Waals surface area contributed by atoms with Gasteiger partial charge in [-0.15, -0.1) is 0 Å². The standard InChI is InChI=1S/C11H13Cl2NO2/c12-8-1-2-10(13)11(5-8)16-7-9-6-14-3-4-15-9/h1-2,5,9,14H,3-4,6-7H2/t9-/m1/s1. The van der Waals surface area contributed by atoms with E-state index in [1.165, 1.54) is 0 Å². The Hall–Kier alpha value is -0.480. The molecule has 0 aromatic heterocycles. The number of benzene rings is 1. The summed E-state index contributed by atoms with van der Waals surface area (Å²) in [7, 11) is 0. The average Bonchev–Trinajstić information content (AvgIpc) is 2.32. The van der Waals surface area contributed by atoms with Crippen LogP contribution >= 0.6 is 23.2 Å². The second-order valence-electron chi connectivity index (χ2n) is 3.58. The zero-order valence-corrected chi connectivity index (χ0v) is 10.2. The molecule has 16 heavy (non-hydrogen) atoms. The van der Waals surface area contributed by atoms with Gasteiger partial charge in [-0.05, 0) is 12.1 Å². The predicted molar refractivity (Wildman–Crippen MR) is 64.6 cm³/mol. The lowest BCUT2D eigenvalue weighted by atomic mass is 10.3. The Morgan fingerprint density at radius 2 is 2.31 bits per heavy atom. The third-order valence-electron chi connectivity index (χ3n) is 2.32. The van der Waals surface area contributed by atoms with E-state index in [1.807, 2.05) is 0 Å². The van der Waals surface area contributed by atoms with Gasteiger partial charge in [-0.3, -0.25) is 0 Å². The molecule has 0 saturated carbocycles. The zero-order valence-electron chi connectivity index (χ0n) is 8.71. The lowest BCUT2D eigenvalue weighted by molar-refractivity contribution is 0.000219. The molecule has 1 heterocycles. The molecule has 3 nitrogen and oxygen atoms in total. The van der Waals surface area contributed by atoms with E-state index in [4.69, 9.17) is 32.7 Å². The van der Waals surface area contributed by atoms with Gasteiger partial charge in [0.05, 0.1) is 11.6 Å². The van der Waals surface area contributed by atoms with Crippen LogP contribution in [0.2, 0.25) is 10.0 Å². The Bertz CT molecular complexity index is 354. The summed E-state index contributed by atoms with van der Waals surface area (Å²) in [6.07, 6.45) is 0.0730. The molecule has 5 heteroatoms. The second-order valence-corrected chi connectivity index (χ2v) is 4.43. The molecule has 0 unspecified atom stereocenters. The van der Waals surface area contributed by atoms with Crippen LogP contribution in [0.1, 0.15) is 0 Å². The van der Waals surface area contributed by atoms with Crippen LogP contribution < -0.4 is 10.1 Å². The van der Waals surface area contributed by atoms with Crippen LogP contribution in [0.25, 0.3) is 0 Å². The fourth-order valence-electron chi connectivity index (χ4n) is 1.50. The van der Waals surface area contributed by atoms with Crippen LogP contribution in [-0.2, 0) is 4.74 Å². The van der Waals surface area contributed by atoms with E-state index in [2.05, 4.69) is 5.32 Å². The van der Waals surface area contributed by atoms with Crippen LogP contribution in [0.4, 0.5) is 0 Å². The van der Waals surface area contributed by atoms with Crippen molar-refractivity contribution >= 4 is 23.2 Å². The lowest BCUT2D eigenvalue weighted by Crippen LogP contribution is -2.41.